The zero-order chi connectivity index (χ0) is 28.1. The molecule has 3 heteroatoms. The Morgan fingerprint density at radius 2 is 1.02 bits per heavy atom. The number of benzene rings is 6. The van der Waals surface area contributed by atoms with Crippen LogP contribution in [-0.4, -0.2) is 15.0 Å². The molecule has 1 aliphatic rings. The molecule has 1 aliphatic carbocycles. The second-order valence-corrected chi connectivity index (χ2v) is 11.0. The minimum absolute atomic E-state index is 0.347. The highest BCUT2D eigenvalue weighted by Crippen LogP contribution is 2.56. The Morgan fingerprint density at radius 1 is 0.452 bits per heavy atom. The van der Waals surface area contributed by atoms with Crippen molar-refractivity contribution in [2.45, 2.75) is 12.3 Å². The van der Waals surface area contributed by atoms with Crippen molar-refractivity contribution in [3.63, 3.8) is 0 Å². The molecule has 0 bridgehead atoms. The predicted molar refractivity (Wildman–Crippen MR) is 171 cm³/mol. The third-order valence-corrected chi connectivity index (χ3v) is 8.59. The number of fused-ring (bicyclic) bond motifs is 5. The lowest BCUT2D eigenvalue weighted by molar-refractivity contribution is 0.720. The Bertz CT molecular complexity index is 2030. The lowest BCUT2D eigenvalue weighted by Gasteiger charge is -2.29. The second kappa shape index (κ2) is 9.60. The molecule has 1 heterocycles. The third-order valence-electron chi connectivity index (χ3n) is 8.59. The van der Waals surface area contributed by atoms with E-state index in [9.17, 15) is 0 Å². The summed E-state index contributed by atoms with van der Waals surface area (Å²) in [6.45, 7) is 2.36. The quantitative estimate of drug-likeness (QED) is 0.224. The molecule has 0 radical (unpaired) electrons. The zero-order valence-corrected chi connectivity index (χ0v) is 23.2. The van der Waals surface area contributed by atoms with Crippen molar-refractivity contribution >= 4 is 10.8 Å². The standard InChI is InChI=1S/C39H27N3/c1-39(29-19-9-4-10-20-29)33-23-13-22-32(34(33)31-25-24-26-14-11-12-21-30(26)35(31)39)38-41-36(27-15-5-2-6-16-27)40-37(42-38)28-17-7-3-8-18-28/h2-25H,1H3. The van der Waals surface area contributed by atoms with Gasteiger partial charge in [-0.25, -0.2) is 15.0 Å². The third kappa shape index (κ3) is 3.71. The van der Waals surface area contributed by atoms with E-state index in [1.165, 1.54) is 38.6 Å². The molecule has 1 atom stereocenters. The molecule has 0 saturated heterocycles. The Hall–Kier alpha value is -5.41. The Labute approximate surface area is 245 Å². The van der Waals surface area contributed by atoms with E-state index in [1.54, 1.807) is 0 Å². The summed E-state index contributed by atoms with van der Waals surface area (Å²) >= 11 is 0. The van der Waals surface area contributed by atoms with Crippen LogP contribution in [0, 0.1) is 0 Å². The van der Waals surface area contributed by atoms with Crippen LogP contribution >= 0.6 is 0 Å². The number of nitrogens with zero attached hydrogens (tertiary/aromatic N) is 3. The van der Waals surface area contributed by atoms with Gasteiger partial charge in [-0.1, -0.05) is 146 Å². The van der Waals surface area contributed by atoms with Crippen molar-refractivity contribution in [2.75, 3.05) is 0 Å². The van der Waals surface area contributed by atoms with E-state index in [0.717, 1.165) is 16.7 Å². The van der Waals surface area contributed by atoms with E-state index in [-0.39, 0.29) is 5.41 Å². The molecule has 7 aromatic rings. The molecule has 0 N–H and O–H groups in total. The summed E-state index contributed by atoms with van der Waals surface area (Å²) in [7, 11) is 0. The van der Waals surface area contributed by atoms with Crippen LogP contribution in [0.4, 0.5) is 0 Å². The minimum Gasteiger partial charge on any atom is -0.208 e. The van der Waals surface area contributed by atoms with Gasteiger partial charge >= 0.3 is 0 Å². The zero-order valence-electron chi connectivity index (χ0n) is 23.2. The SMILES string of the molecule is CC1(c2ccccc2)c2cccc(-c3nc(-c4ccccc4)nc(-c4ccccc4)n3)c2-c2ccc3ccccc3c21. The molecular formula is C39H27N3. The molecule has 0 fully saturated rings. The average molecular weight is 538 g/mol. The molecule has 198 valence electrons. The second-order valence-electron chi connectivity index (χ2n) is 11.0. The van der Waals surface area contributed by atoms with Crippen LogP contribution in [0.5, 0.6) is 0 Å². The highest BCUT2D eigenvalue weighted by molar-refractivity contribution is 6.02. The maximum Gasteiger partial charge on any atom is 0.164 e. The Balaban J connectivity index is 1.45. The molecule has 8 rings (SSSR count). The van der Waals surface area contributed by atoms with E-state index >= 15 is 0 Å². The van der Waals surface area contributed by atoms with Crippen LogP contribution in [-0.2, 0) is 5.41 Å². The van der Waals surface area contributed by atoms with Gasteiger partial charge in [-0.2, -0.15) is 0 Å². The van der Waals surface area contributed by atoms with Gasteiger partial charge in [0, 0.05) is 22.1 Å². The first-order chi connectivity index (χ1) is 20.7. The van der Waals surface area contributed by atoms with Crippen LogP contribution in [0.1, 0.15) is 23.6 Å². The van der Waals surface area contributed by atoms with Gasteiger partial charge in [-0.15, -0.1) is 0 Å². The van der Waals surface area contributed by atoms with Gasteiger partial charge in [0.2, 0.25) is 0 Å². The van der Waals surface area contributed by atoms with Crippen molar-refractivity contribution in [2.24, 2.45) is 0 Å². The largest absolute Gasteiger partial charge is 0.208 e. The topological polar surface area (TPSA) is 38.7 Å². The van der Waals surface area contributed by atoms with Gasteiger partial charge < -0.3 is 0 Å². The summed E-state index contributed by atoms with van der Waals surface area (Å²) in [4.78, 5) is 15.2. The van der Waals surface area contributed by atoms with Crippen molar-refractivity contribution in [3.8, 4) is 45.3 Å². The number of hydrogen-bond donors (Lipinski definition) is 0. The first kappa shape index (κ1) is 24.4. The van der Waals surface area contributed by atoms with Crippen molar-refractivity contribution in [1.29, 1.82) is 0 Å². The van der Waals surface area contributed by atoms with Gasteiger partial charge in [0.15, 0.2) is 17.5 Å². The predicted octanol–water partition coefficient (Wildman–Crippen LogP) is 9.36. The molecule has 6 aromatic carbocycles. The first-order valence-corrected chi connectivity index (χ1v) is 14.3. The summed E-state index contributed by atoms with van der Waals surface area (Å²) in [5.74, 6) is 2.01. The molecule has 0 saturated carbocycles. The van der Waals surface area contributed by atoms with Gasteiger partial charge in [0.25, 0.3) is 0 Å². The van der Waals surface area contributed by atoms with Gasteiger partial charge in [0.1, 0.15) is 0 Å². The number of hydrogen-bond acceptors (Lipinski definition) is 3. The lowest BCUT2D eigenvalue weighted by Crippen LogP contribution is -2.22. The van der Waals surface area contributed by atoms with Crippen LogP contribution in [0.3, 0.4) is 0 Å². The summed E-state index contributed by atoms with van der Waals surface area (Å²) < 4.78 is 0. The summed E-state index contributed by atoms with van der Waals surface area (Å²) in [5.41, 5.74) is 8.88. The summed E-state index contributed by atoms with van der Waals surface area (Å²) in [5, 5.41) is 2.51. The molecule has 0 amide bonds. The van der Waals surface area contributed by atoms with E-state index in [1.807, 2.05) is 36.4 Å². The monoisotopic (exact) mass is 537 g/mol. The fraction of sp³-hybridized carbons (Fsp3) is 0.0513. The average Bonchev–Trinajstić information content (AvgIpc) is 3.35. The first-order valence-electron chi connectivity index (χ1n) is 14.3. The van der Waals surface area contributed by atoms with Gasteiger partial charge in [0.05, 0.1) is 0 Å². The van der Waals surface area contributed by atoms with Crippen molar-refractivity contribution in [1.82, 2.24) is 15.0 Å². The number of aromatic nitrogens is 3. The normalized spacial score (nSPS) is 15.4. The van der Waals surface area contributed by atoms with Crippen molar-refractivity contribution < 1.29 is 0 Å². The highest BCUT2D eigenvalue weighted by Gasteiger charge is 2.43. The van der Waals surface area contributed by atoms with Crippen LogP contribution in [0.15, 0.2) is 146 Å². The van der Waals surface area contributed by atoms with Crippen LogP contribution in [0.2, 0.25) is 0 Å². The van der Waals surface area contributed by atoms with Crippen LogP contribution in [0.25, 0.3) is 56.1 Å². The Kier molecular flexibility index (Phi) is 5.58. The summed E-state index contributed by atoms with van der Waals surface area (Å²) in [6, 6.07) is 51.0. The Morgan fingerprint density at radius 3 is 1.69 bits per heavy atom. The van der Waals surface area contributed by atoms with Gasteiger partial charge in [-0.3, -0.25) is 0 Å². The molecule has 42 heavy (non-hydrogen) atoms. The molecule has 3 nitrogen and oxygen atoms in total. The fourth-order valence-corrected chi connectivity index (χ4v) is 6.60. The van der Waals surface area contributed by atoms with E-state index in [2.05, 4.69) is 116 Å². The maximum absolute atomic E-state index is 5.11. The van der Waals surface area contributed by atoms with Crippen LogP contribution < -0.4 is 0 Å². The molecule has 1 aromatic heterocycles. The molecular weight excluding hydrogens is 510 g/mol. The van der Waals surface area contributed by atoms with E-state index in [4.69, 9.17) is 15.0 Å². The number of rotatable bonds is 4. The van der Waals surface area contributed by atoms with Crippen molar-refractivity contribution in [3.05, 3.63) is 162 Å². The highest BCUT2D eigenvalue weighted by atomic mass is 15.0. The molecule has 1 unspecified atom stereocenters. The minimum atomic E-state index is -0.347. The molecule has 0 aliphatic heterocycles. The van der Waals surface area contributed by atoms with E-state index < -0.39 is 0 Å². The molecule has 0 spiro atoms. The van der Waals surface area contributed by atoms with E-state index in [0.29, 0.717) is 17.5 Å². The van der Waals surface area contributed by atoms with Gasteiger partial charge in [-0.05, 0) is 45.5 Å². The smallest absolute Gasteiger partial charge is 0.164 e. The fourth-order valence-electron chi connectivity index (χ4n) is 6.60. The summed E-state index contributed by atoms with van der Waals surface area (Å²) in [6.07, 6.45) is 0. The lowest BCUT2D eigenvalue weighted by atomic mass is 9.73. The maximum atomic E-state index is 5.11.